The Kier molecular flexibility index (Phi) is 5.58. The third-order valence-electron chi connectivity index (χ3n) is 5.04. The molecule has 156 valence electrons. The number of hydrogen-bond donors (Lipinski definition) is 1. The lowest BCUT2D eigenvalue weighted by Gasteiger charge is -2.20. The Balaban J connectivity index is 1.59. The van der Waals surface area contributed by atoms with E-state index in [4.69, 9.17) is 0 Å². The van der Waals surface area contributed by atoms with Crippen molar-refractivity contribution < 1.29 is 14.0 Å². The van der Waals surface area contributed by atoms with Gasteiger partial charge < -0.3 is 5.32 Å². The van der Waals surface area contributed by atoms with Gasteiger partial charge in [-0.3, -0.25) is 14.5 Å². The summed E-state index contributed by atoms with van der Waals surface area (Å²) in [5.74, 6) is -0.833. The van der Waals surface area contributed by atoms with Crippen LogP contribution in [0.3, 0.4) is 0 Å². The molecule has 2 aromatic carbocycles. The van der Waals surface area contributed by atoms with Crippen LogP contribution < -0.4 is 10.2 Å². The molecule has 3 aromatic rings. The number of benzene rings is 2. The minimum absolute atomic E-state index is 0.0336. The summed E-state index contributed by atoms with van der Waals surface area (Å²) in [6.45, 7) is 3.38. The number of halogens is 1. The SMILES string of the molecule is Cc1ccc(C2=Nc3cccnc3N(CC(=O)Nc3ccc(C)c(F)c3)C(=O)C2)cc1. The molecule has 0 radical (unpaired) electrons. The molecule has 1 aromatic heterocycles. The first-order chi connectivity index (χ1) is 14.9. The minimum Gasteiger partial charge on any atom is -0.324 e. The van der Waals surface area contributed by atoms with Crippen molar-refractivity contribution in [3.8, 4) is 0 Å². The molecule has 1 aliphatic rings. The first kappa shape index (κ1) is 20.4. The average molecular weight is 416 g/mol. The van der Waals surface area contributed by atoms with Crippen molar-refractivity contribution in [2.45, 2.75) is 20.3 Å². The van der Waals surface area contributed by atoms with Gasteiger partial charge in [0.25, 0.3) is 0 Å². The van der Waals surface area contributed by atoms with Crippen LogP contribution in [-0.4, -0.2) is 29.1 Å². The fourth-order valence-electron chi connectivity index (χ4n) is 3.32. The van der Waals surface area contributed by atoms with E-state index in [0.717, 1.165) is 11.1 Å². The monoisotopic (exact) mass is 416 g/mol. The maximum absolute atomic E-state index is 13.8. The van der Waals surface area contributed by atoms with E-state index in [1.807, 2.05) is 31.2 Å². The third-order valence-corrected chi connectivity index (χ3v) is 5.04. The van der Waals surface area contributed by atoms with Crippen LogP contribution in [0.15, 0.2) is 65.8 Å². The maximum atomic E-state index is 13.8. The predicted octanol–water partition coefficient (Wildman–Crippen LogP) is 4.33. The standard InChI is InChI=1S/C24H21FN4O2/c1-15-5-8-17(9-6-15)21-13-23(31)29(24-20(28-21)4-3-11-26-24)14-22(30)27-18-10-7-16(2)19(25)12-18/h3-12H,13-14H2,1-2H3,(H,27,30). The molecule has 7 heteroatoms. The normalized spacial score (nSPS) is 13.3. The summed E-state index contributed by atoms with van der Waals surface area (Å²) in [4.78, 5) is 36.0. The summed E-state index contributed by atoms with van der Waals surface area (Å²) in [6, 6.07) is 15.7. The molecule has 2 heterocycles. The van der Waals surface area contributed by atoms with Crippen LogP contribution >= 0.6 is 0 Å². The molecule has 6 nitrogen and oxygen atoms in total. The Morgan fingerprint density at radius 2 is 1.90 bits per heavy atom. The van der Waals surface area contributed by atoms with E-state index in [1.165, 1.54) is 11.0 Å². The molecule has 0 bridgehead atoms. The van der Waals surface area contributed by atoms with Gasteiger partial charge in [-0.15, -0.1) is 0 Å². The number of hydrogen-bond acceptors (Lipinski definition) is 4. The lowest BCUT2D eigenvalue weighted by Crippen LogP contribution is -2.39. The summed E-state index contributed by atoms with van der Waals surface area (Å²) in [7, 11) is 0. The molecule has 0 atom stereocenters. The van der Waals surface area contributed by atoms with Crippen molar-refractivity contribution in [1.82, 2.24) is 4.98 Å². The number of pyridine rings is 1. The van der Waals surface area contributed by atoms with E-state index in [2.05, 4.69) is 15.3 Å². The number of carbonyl (C=O) groups excluding carboxylic acids is 2. The van der Waals surface area contributed by atoms with Gasteiger partial charge in [-0.05, 0) is 49.2 Å². The number of fused-ring (bicyclic) bond motifs is 1. The molecule has 4 rings (SSSR count). The highest BCUT2D eigenvalue weighted by molar-refractivity contribution is 6.18. The van der Waals surface area contributed by atoms with Crippen LogP contribution in [0.5, 0.6) is 0 Å². The highest BCUT2D eigenvalue weighted by atomic mass is 19.1. The van der Waals surface area contributed by atoms with Crippen molar-refractivity contribution in [1.29, 1.82) is 0 Å². The average Bonchev–Trinajstić information content (AvgIpc) is 2.88. The van der Waals surface area contributed by atoms with E-state index in [-0.39, 0.29) is 18.9 Å². The molecule has 0 saturated heterocycles. The topological polar surface area (TPSA) is 74.7 Å². The number of nitrogens with zero attached hydrogens (tertiary/aromatic N) is 3. The van der Waals surface area contributed by atoms with Crippen molar-refractivity contribution in [3.63, 3.8) is 0 Å². The first-order valence-electron chi connectivity index (χ1n) is 9.87. The van der Waals surface area contributed by atoms with Crippen molar-refractivity contribution in [3.05, 3.63) is 83.3 Å². The Morgan fingerprint density at radius 1 is 1.13 bits per heavy atom. The van der Waals surface area contributed by atoms with Crippen LogP contribution in [-0.2, 0) is 9.59 Å². The molecular formula is C24H21FN4O2. The molecule has 0 fully saturated rings. The molecule has 0 aliphatic carbocycles. The zero-order valence-corrected chi connectivity index (χ0v) is 17.2. The number of rotatable bonds is 4. The summed E-state index contributed by atoms with van der Waals surface area (Å²) < 4.78 is 13.8. The van der Waals surface area contributed by atoms with Crippen molar-refractivity contribution in [2.75, 3.05) is 16.8 Å². The Hall–Kier alpha value is -3.87. The lowest BCUT2D eigenvalue weighted by atomic mass is 10.1. The predicted molar refractivity (Wildman–Crippen MR) is 118 cm³/mol. The van der Waals surface area contributed by atoms with Gasteiger partial charge in [0, 0.05) is 11.9 Å². The Bertz CT molecular complexity index is 1190. The van der Waals surface area contributed by atoms with Gasteiger partial charge >= 0.3 is 0 Å². The fourth-order valence-corrected chi connectivity index (χ4v) is 3.32. The lowest BCUT2D eigenvalue weighted by molar-refractivity contribution is -0.120. The molecule has 31 heavy (non-hydrogen) atoms. The van der Waals surface area contributed by atoms with Crippen LogP contribution in [0, 0.1) is 19.7 Å². The van der Waals surface area contributed by atoms with E-state index >= 15 is 0 Å². The largest absolute Gasteiger partial charge is 0.324 e. The first-order valence-corrected chi connectivity index (χ1v) is 9.87. The summed E-state index contributed by atoms with van der Waals surface area (Å²) in [5.41, 5.74) is 3.89. The number of aliphatic imine (C=N–C) groups is 1. The molecule has 0 unspecified atom stereocenters. The van der Waals surface area contributed by atoms with Gasteiger partial charge in [0.1, 0.15) is 18.0 Å². The highest BCUT2D eigenvalue weighted by Crippen LogP contribution is 2.30. The summed E-state index contributed by atoms with van der Waals surface area (Å²) in [5, 5.41) is 2.64. The number of amides is 2. The smallest absolute Gasteiger partial charge is 0.244 e. The van der Waals surface area contributed by atoms with E-state index in [1.54, 1.807) is 37.4 Å². The van der Waals surface area contributed by atoms with Gasteiger partial charge in [0.15, 0.2) is 5.82 Å². The van der Waals surface area contributed by atoms with Crippen LogP contribution in [0.25, 0.3) is 0 Å². The van der Waals surface area contributed by atoms with Crippen molar-refractivity contribution >= 4 is 34.7 Å². The number of anilines is 2. The summed E-state index contributed by atoms with van der Waals surface area (Å²) >= 11 is 0. The number of carbonyl (C=O) groups is 2. The second-order valence-corrected chi connectivity index (χ2v) is 7.44. The molecule has 2 amide bonds. The quantitative estimate of drug-likeness (QED) is 0.688. The highest BCUT2D eigenvalue weighted by Gasteiger charge is 2.27. The third kappa shape index (κ3) is 4.50. The zero-order chi connectivity index (χ0) is 22.0. The molecule has 0 saturated carbocycles. The Labute approximate surface area is 179 Å². The van der Waals surface area contributed by atoms with E-state index in [9.17, 15) is 14.0 Å². The maximum Gasteiger partial charge on any atom is 0.244 e. The number of nitrogens with one attached hydrogen (secondary N) is 1. The molecular weight excluding hydrogens is 395 g/mol. The van der Waals surface area contributed by atoms with E-state index in [0.29, 0.717) is 28.5 Å². The second-order valence-electron chi connectivity index (χ2n) is 7.44. The Morgan fingerprint density at radius 3 is 2.65 bits per heavy atom. The van der Waals surface area contributed by atoms with E-state index < -0.39 is 11.7 Å². The van der Waals surface area contributed by atoms with Crippen LogP contribution in [0.1, 0.15) is 23.1 Å². The molecule has 0 spiro atoms. The molecule has 1 aliphatic heterocycles. The van der Waals surface area contributed by atoms with Gasteiger partial charge in [0.2, 0.25) is 11.8 Å². The summed E-state index contributed by atoms with van der Waals surface area (Å²) in [6.07, 6.45) is 1.59. The van der Waals surface area contributed by atoms with Gasteiger partial charge in [-0.2, -0.15) is 0 Å². The van der Waals surface area contributed by atoms with Gasteiger partial charge in [-0.25, -0.2) is 14.4 Å². The van der Waals surface area contributed by atoms with Crippen LogP contribution in [0.2, 0.25) is 0 Å². The van der Waals surface area contributed by atoms with Crippen LogP contribution in [0.4, 0.5) is 21.6 Å². The number of aromatic nitrogens is 1. The van der Waals surface area contributed by atoms with Gasteiger partial charge in [-0.1, -0.05) is 35.9 Å². The van der Waals surface area contributed by atoms with Crippen molar-refractivity contribution in [2.24, 2.45) is 4.99 Å². The fraction of sp³-hybridized carbons (Fsp3) is 0.167. The second kappa shape index (κ2) is 8.47. The number of aryl methyl sites for hydroxylation is 2. The zero-order valence-electron chi connectivity index (χ0n) is 17.2. The molecule has 1 N–H and O–H groups in total. The minimum atomic E-state index is -0.452. The van der Waals surface area contributed by atoms with Gasteiger partial charge in [0.05, 0.1) is 12.1 Å².